The Morgan fingerprint density at radius 3 is 2.23 bits per heavy atom. The van der Waals surface area contributed by atoms with Gasteiger partial charge in [-0.1, -0.05) is 0 Å². The summed E-state index contributed by atoms with van der Waals surface area (Å²) in [6.45, 7) is 9.30. The zero-order valence-corrected chi connectivity index (χ0v) is 20.9. The summed E-state index contributed by atoms with van der Waals surface area (Å²) < 4.78 is 60.0. The van der Waals surface area contributed by atoms with Crippen LogP contribution in [0, 0.1) is 0 Å². The molecule has 2 aliphatic rings. The molecule has 2 aromatic rings. The second-order valence-corrected chi connectivity index (χ2v) is 11.3. The van der Waals surface area contributed by atoms with E-state index in [-0.39, 0.29) is 5.75 Å². The number of nitrogens with zero attached hydrogens (tertiary/aromatic N) is 5. The highest BCUT2D eigenvalue weighted by atomic mass is 32.2. The van der Waals surface area contributed by atoms with E-state index < -0.39 is 22.2 Å². The number of fused-ring (bicyclic) bond motifs is 1. The third-order valence-electron chi connectivity index (χ3n) is 6.40. The van der Waals surface area contributed by atoms with E-state index in [9.17, 15) is 21.6 Å². The lowest BCUT2D eigenvalue weighted by molar-refractivity contribution is -0.192. The van der Waals surface area contributed by atoms with Crippen molar-refractivity contribution in [2.45, 2.75) is 64.6 Å². The molecule has 0 radical (unpaired) electrons. The maximum atomic E-state index is 12.2. The highest BCUT2D eigenvalue weighted by Gasteiger charge is 2.38. The molecule has 0 saturated carbocycles. The number of hydrogen-bond acceptors (Lipinski definition) is 6. The van der Waals surface area contributed by atoms with Gasteiger partial charge in [0.05, 0.1) is 17.6 Å². The van der Waals surface area contributed by atoms with Crippen LogP contribution in [0.1, 0.15) is 64.1 Å². The molecule has 0 aliphatic carbocycles. The number of carbonyl (C=O) groups is 1. The lowest BCUT2D eigenvalue weighted by Gasteiger charge is -2.31. The van der Waals surface area contributed by atoms with Gasteiger partial charge in [0.15, 0.2) is 5.82 Å². The maximum Gasteiger partial charge on any atom is 0.490 e. The van der Waals surface area contributed by atoms with E-state index in [4.69, 9.17) is 19.9 Å². The fourth-order valence-electron chi connectivity index (χ4n) is 4.42. The average Bonchev–Trinajstić information content (AvgIpc) is 3.48. The molecular formula is C22H32F3N5O4S. The zero-order chi connectivity index (χ0) is 26.0. The summed E-state index contributed by atoms with van der Waals surface area (Å²) in [5.41, 5.74) is 3.22. The largest absolute Gasteiger partial charge is 0.490 e. The molecule has 4 rings (SSSR count). The van der Waals surface area contributed by atoms with E-state index in [1.165, 1.54) is 12.8 Å². The first-order chi connectivity index (χ1) is 16.3. The van der Waals surface area contributed by atoms with Crippen LogP contribution in [0.3, 0.4) is 0 Å². The minimum absolute atomic E-state index is 0.175. The number of pyridine rings is 1. The van der Waals surface area contributed by atoms with Gasteiger partial charge in [-0.15, -0.1) is 0 Å². The number of aromatic nitrogens is 3. The lowest BCUT2D eigenvalue weighted by atomic mass is 9.94. The predicted molar refractivity (Wildman–Crippen MR) is 126 cm³/mol. The molecule has 13 heteroatoms. The number of aliphatic carboxylic acids is 1. The van der Waals surface area contributed by atoms with Crippen LogP contribution in [0.25, 0.3) is 11.0 Å². The van der Waals surface area contributed by atoms with Crippen molar-refractivity contribution in [3.05, 3.63) is 18.1 Å². The molecule has 9 nitrogen and oxygen atoms in total. The summed E-state index contributed by atoms with van der Waals surface area (Å²) in [5.74, 6) is -1.28. The van der Waals surface area contributed by atoms with Crippen LogP contribution in [0.5, 0.6) is 0 Å². The van der Waals surface area contributed by atoms with E-state index in [0.717, 1.165) is 48.5 Å². The van der Waals surface area contributed by atoms with Gasteiger partial charge in [-0.2, -0.15) is 13.2 Å². The van der Waals surface area contributed by atoms with E-state index in [2.05, 4.69) is 29.4 Å². The molecule has 2 aromatic heterocycles. The molecule has 35 heavy (non-hydrogen) atoms. The van der Waals surface area contributed by atoms with Crippen molar-refractivity contribution in [2.24, 2.45) is 0 Å². The van der Waals surface area contributed by atoms with Crippen LogP contribution in [0.2, 0.25) is 0 Å². The summed E-state index contributed by atoms with van der Waals surface area (Å²) in [7, 11) is -3.10. The van der Waals surface area contributed by atoms with Crippen LogP contribution in [0.4, 0.5) is 19.0 Å². The molecule has 0 bridgehead atoms. The van der Waals surface area contributed by atoms with Gasteiger partial charge >= 0.3 is 12.1 Å². The molecular weight excluding hydrogens is 487 g/mol. The fraction of sp³-hybridized carbons (Fsp3) is 0.682. The molecule has 2 fully saturated rings. The number of anilines is 1. The Bertz CT molecular complexity index is 1140. The highest BCUT2D eigenvalue weighted by Crippen LogP contribution is 2.34. The first-order valence-corrected chi connectivity index (χ1v) is 13.4. The Morgan fingerprint density at radius 1 is 1.17 bits per heavy atom. The number of hydrogen-bond donors (Lipinski definition) is 1. The number of sulfonamides is 1. The van der Waals surface area contributed by atoms with Crippen LogP contribution < -0.4 is 4.90 Å². The first kappa shape index (κ1) is 27.2. The molecule has 2 aliphatic heterocycles. The van der Waals surface area contributed by atoms with Crippen LogP contribution >= 0.6 is 0 Å². The Morgan fingerprint density at radius 2 is 1.74 bits per heavy atom. The van der Waals surface area contributed by atoms with Crippen LogP contribution in [-0.4, -0.2) is 76.4 Å². The van der Waals surface area contributed by atoms with Crippen molar-refractivity contribution >= 4 is 32.8 Å². The zero-order valence-electron chi connectivity index (χ0n) is 20.1. The Kier molecular flexibility index (Phi) is 8.30. The standard InChI is InChI=1S/C20H31N5O2S.C2HF3O2/c1-4-28(26,27)24-11-7-16(8-12-24)17-13-18-19(21-14-25(18)15(2)3)20(22-17)23-9-5-6-10-23;3-2(4,5)1(6)7/h13-16H,4-12H2,1-3H3;(H,6,7). The average molecular weight is 520 g/mol. The molecule has 0 atom stereocenters. The monoisotopic (exact) mass is 519 g/mol. The SMILES string of the molecule is CCS(=O)(=O)N1CCC(c2cc3c(ncn3C(C)C)c(N3CCCC3)n2)CC1.O=C(O)C(F)(F)F. The molecule has 0 amide bonds. The summed E-state index contributed by atoms with van der Waals surface area (Å²) in [6, 6.07) is 2.53. The maximum absolute atomic E-state index is 12.2. The van der Waals surface area contributed by atoms with Crippen LogP contribution in [0.15, 0.2) is 12.4 Å². The van der Waals surface area contributed by atoms with Crippen LogP contribution in [-0.2, 0) is 14.8 Å². The first-order valence-electron chi connectivity index (χ1n) is 11.8. The van der Waals surface area contributed by atoms with Crippen molar-refractivity contribution in [3.8, 4) is 0 Å². The van der Waals surface area contributed by atoms with Crippen molar-refractivity contribution in [1.82, 2.24) is 18.8 Å². The van der Waals surface area contributed by atoms with Gasteiger partial charge in [0.2, 0.25) is 10.0 Å². The van der Waals surface area contributed by atoms with Gasteiger partial charge in [0.25, 0.3) is 0 Å². The van der Waals surface area contributed by atoms with Gasteiger partial charge in [-0.3, -0.25) is 0 Å². The number of halogens is 3. The topological polar surface area (TPSA) is 109 Å². The number of imidazole rings is 1. The lowest BCUT2D eigenvalue weighted by Crippen LogP contribution is -2.38. The van der Waals surface area contributed by atoms with E-state index in [0.29, 0.717) is 25.0 Å². The third-order valence-corrected chi connectivity index (χ3v) is 8.28. The highest BCUT2D eigenvalue weighted by molar-refractivity contribution is 7.89. The smallest absolute Gasteiger partial charge is 0.475 e. The second kappa shape index (κ2) is 10.7. The molecule has 0 spiro atoms. The predicted octanol–water partition coefficient (Wildman–Crippen LogP) is 3.77. The number of carboxylic acids is 1. The van der Waals surface area contributed by atoms with Gasteiger partial charge < -0.3 is 14.6 Å². The summed E-state index contributed by atoms with van der Waals surface area (Å²) >= 11 is 0. The summed E-state index contributed by atoms with van der Waals surface area (Å²) in [5, 5.41) is 7.12. The minimum atomic E-state index is -5.08. The van der Waals surface area contributed by atoms with Gasteiger partial charge in [0, 0.05) is 43.8 Å². The molecule has 2 saturated heterocycles. The van der Waals surface area contributed by atoms with Crippen molar-refractivity contribution in [2.75, 3.05) is 36.8 Å². The Balaban J connectivity index is 0.000000429. The Labute approximate surface area is 203 Å². The van der Waals surface area contributed by atoms with Gasteiger partial charge in [-0.05, 0) is 52.5 Å². The van der Waals surface area contributed by atoms with Crippen molar-refractivity contribution in [3.63, 3.8) is 0 Å². The van der Waals surface area contributed by atoms with Crippen molar-refractivity contribution in [1.29, 1.82) is 0 Å². The van der Waals surface area contributed by atoms with Crippen molar-refractivity contribution < 1.29 is 31.5 Å². The minimum Gasteiger partial charge on any atom is -0.475 e. The van der Waals surface area contributed by atoms with E-state index in [1.807, 2.05) is 6.33 Å². The number of alkyl halides is 3. The summed E-state index contributed by atoms with van der Waals surface area (Å²) in [4.78, 5) is 21.0. The van der Waals surface area contributed by atoms with E-state index >= 15 is 0 Å². The van der Waals surface area contributed by atoms with Gasteiger partial charge in [-0.25, -0.2) is 27.5 Å². The third kappa shape index (κ3) is 6.24. The molecule has 1 N–H and O–H groups in total. The normalized spacial score (nSPS) is 18.2. The quantitative estimate of drug-likeness (QED) is 0.641. The number of rotatable bonds is 5. The van der Waals surface area contributed by atoms with Gasteiger partial charge in [0.1, 0.15) is 5.52 Å². The second-order valence-electron chi connectivity index (χ2n) is 9.05. The Hall–Kier alpha value is -2.41. The molecule has 0 aromatic carbocycles. The molecule has 0 unspecified atom stereocenters. The number of carboxylic acid groups (broad SMARTS) is 1. The fourth-order valence-corrected chi connectivity index (χ4v) is 5.55. The molecule has 196 valence electrons. The van der Waals surface area contributed by atoms with E-state index in [1.54, 1.807) is 11.2 Å². The molecule has 4 heterocycles. The number of piperidine rings is 1. The summed E-state index contributed by atoms with van der Waals surface area (Å²) in [6.07, 6.45) is 0.897.